The van der Waals surface area contributed by atoms with Crippen LogP contribution in [0, 0.1) is 10.1 Å². The molecular weight excluding hydrogens is 392 g/mol. The van der Waals surface area contributed by atoms with Crippen LogP contribution >= 0.6 is 0 Å². The number of aryl methyl sites for hydroxylation is 1. The SMILES string of the molecule is COc1cc(C(=O)Nc2ccc(OCc3nccn3C)cc2)c([N+](=O)[O-])cc1OC. The van der Waals surface area contributed by atoms with Gasteiger partial charge in [-0.05, 0) is 24.3 Å². The standard InChI is InChI=1S/C20H20N4O6/c1-23-9-8-21-19(23)12-30-14-6-4-13(5-7-14)22-20(25)15-10-17(28-2)18(29-3)11-16(15)24(26)27/h4-11H,12H2,1-3H3,(H,22,25). The lowest BCUT2D eigenvalue weighted by atomic mass is 10.1. The van der Waals surface area contributed by atoms with E-state index < -0.39 is 10.8 Å². The Bertz CT molecular complexity index is 1060. The Balaban J connectivity index is 1.74. The highest BCUT2D eigenvalue weighted by molar-refractivity contribution is 6.07. The van der Waals surface area contributed by atoms with Crippen LogP contribution in [0.2, 0.25) is 0 Å². The van der Waals surface area contributed by atoms with Gasteiger partial charge in [0.15, 0.2) is 11.5 Å². The van der Waals surface area contributed by atoms with Crippen molar-refractivity contribution < 1.29 is 23.9 Å². The van der Waals surface area contributed by atoms with Crippen molar-refractivity contribution in [3.05, 3.63) is 70.3 Å². The highest BCUT2D eigenvalue weighted by Crippen LogP contribution is 2.34. The molecule has 0 spiro atoms. The number of rotatable bonds is 8. The van der Waals surface area contributed by atoms with Crippen LogP contribution in [0.3, 0.4) is 0 Å². The molecule has 0 bridgehead atoms. The number of ether oxygens (including phenoxy) is 3. The molecule has 0 aliphatic carbocycles. The number of anilines is 1. The molecule has 1 N–H and O–H groups in total. The number of aromatic nitrogens is 2. The normalized spacial score (nSPS) is 10.4. The number of imidazole rings is 1. The first-order chi connectivity index (χ1) is 14.4. The average molecular weight is 412 g/mol. The minimum atomic E-state index is -0.649. The fraction of sp³-hybridized carbons (Fsp3) is 0.200. The molecule has 0 saturated heterocycles. The van der Waals surface area contributed by atoms with Gasteiger partial charge in [0.25, 0.3) is 11.6 Å². The van der Waals surface area contributed by atoms with E-state index in [2.05, 4.69) is 10.3 Å². The van der Waals surface area contributed by atoms with Crippen LogP contribution in [0.1, 0.15) is 16.2 Å². The van der Waals surface area contributed by atoms with Crippen molar-refractivity contribution in [1.82, 2.24) is 9.55 Å². The van der Waals surface area contributed by atoms with E-state index in [1.54, 1.807) is 30.5 Å². The molecule has 0 saturated carbocycles. The molecule has 0 fully saturated rings. The molecule has 10 heteroatoms. The number of carbonyl (C=O) groups excluding carboxylic acids is 1. The van der Waals surface area contributed by atoms with Gasteiger partial charge in [0.2, 0.25) is 0 Å². The molecule has 0 unspecified atom stereocenters. The molecule has 2 aromatic carbocycles. The maximum atomic E-state index is 12.7. The summed E-state index contributed by atoms with van der Waals surface area (Å²) in [4.78, 5) is 27.6. The second-order valence-corrected chi connectivity index (χ2v) is 6.20. The minimum Gasteiger partial charge on any atom is -0.493 e. The van der Waals surface area contributed by atoms with Crippen molar-refractivity contribution in [2.45, 2.75) is 6.61 Å². The van der Waals surface area contributed by atoms with Crippen LogP contribution in [0.5, 0.6) is 17.2 Å². The van der Waals surface area contributed by atoms with Crippen molar-refractivity contribution in [3.8, 4) is 17.2 Å². The largest absolute Gasteiger partial charge is 0.493 e. The Morgan fingerprint density at radius 1 is 1.17 bits per heavy atom. The molecule has 156 valence electrons. The number of nitro benzene ring substituents is 1. The smallest absolute Gasteiger partial charge is 0.286 e. The van der Waals surface area contributed by atoms with Gasteiger partial charge in [-0.2, -0.15) is 0 Å². The molecule has 0 aliphatic heterocycles. The first kappa shape index (κ1) is 20.6. The van der Waals surface area contributed by atoms with Gasteiger partial charge in [0.05, 0.1) is 25.2 Å². The Kier molecular flexibility index (Phi) is 6.16. The highest BCUT2D eigenvalue weighted by Gasteiger charge is 2.24. The fourth-order valence-corrected chi connectivity index (χ4v) is 2.72. The van der Waals surface area contributed by atoms with Gasteiger partial charge in [-0.3, -0.25) is 14.9 Å². The third-order valence-electron chi connectivity index (χ3n) is 4.34. The summed E-state index contributed by atoms with van der Waals surface area (Å²) >= 11 is 0. The number of benzene rings is 2. The fourth-order valence-electron chi connectivity index (χ4n) is 2.72. The summed E-state index contributed by atoms with van der Waals surface area (Å²) in [5, 5.41) is 14.0. The zero-order valence-electron chi connectivity index (χ0n) is 16.6. The van der Waals surface area contributed by atoms with Crippen LogP contribution in [-0.2, 0) is 13.7 Å². The number of nitro groups is 1. The minimum absolute atomic E-state index is 0.146. The Hall–Kier alpha value is -4.08. The van der Waals surface area contributed by atoms with Crippen molar-refractivity contribution in [2.75, 3.05) is 19.5 Å². The maximum absolute atomic E-state index is 12.7. The summed E-state index contributed by atoms with van der Waals surface area (Å²) in [6, 6.07) is 9.07. The van der Waals surface area contributed by atoms with E-state index in [0.29, 0.717) is 18.0 Å². The number of hydrogen-bond donors (Lipinski definition) is 1. The zero-order chi connectivity index (χ0) is 21.7. The van der Waals surface area contributed by atoms with E-state index in [9.17, 15) is 14.9 Å². The first-order valence-electron chi connectivity index (χ1n) is 8.83. The number of carbonyl (C=O) groups is 1. The molecular formula is C20H20N4O6. The lowest BCUT2D eigenvalue weighted by Crippen LogP contribution is -2.14. The van der Waals surface area contributed by atoms with E-state index in [4.69, 9.17) is 14.2 Å². The number of nitrogens with zero attached hydrogens (tertiary/aromatic N) is 3. The quantitative estimate of drug-likeness (QED) is 0.446. The summed E-state index contributed by atoms with van der Waals surface area (Å²) in [6.07, 6.45) is 3.51. The van der Waals surface area contributed by atoms with Crippen LogP contribution in [0.15, 0.2) is 48.8 Å². The molecule has 10 nitrogen and oxygen atoms in total. The molecule has 0 atom stereocenters. The van der Waals surface area contributed by atoms with Gasteiger partial charge < -0.3 is 24.1 Å². The summed E-state index contributed by atoms with van der Waals surface area (Å²) in [6.45, 7) is 0.299. The van der Waals surface area contributed by atoms with Gasteiger partial charge in [-0.1, -0.05) is 0 Å². The van der Waals surface area contributed by atoms with Gasteiger partial charge in [0, 0.05) is 31.2 Å². The van der Waals surface area contributed by atoms with Crippen molar-refractivity contribution >= 4 is 17.3 Å². The number of nitrogens with one attached hydrogen (secondary N) is 1. The van der Waals surface area contributed by atoms with Gasteiger partial charge >= 0.3 is 0 Å². The third kappa shape index (κ3) is 4.49. The number of amides is 1. The molecule has 3 aromatic rings. The molecule has 0 aliphatic rings. The highest BCUT2D eigenvalue weighted by atomic mass is 16.6. The van der Waals surface area contributed by atoms with E-state index in [1.165, 1.54) is 20.3 Å². The molecule has 1 aromatic heterocycles. The topological polar surface area (TPSA) is 118 Å². The predicted octanol–water partition coefficient (Wildman–Crippen LogP) is 3.18. The summed E-state index contributed by atoms with van der Waals surface area (Å²) in [5.74, 6) is 1.09. The molecule has 30 heavy (non-hydrogen) atoms. The van der Waals surface area contributed by atoms with Crippen LogP contribution in [0.4, 0.5) is 11.4 Å². The van der Waals surface area contributed by atoms with Gasteiger partial charge in [-0.25, -0.2) is 4.98 Å². The van der Waals surface area contributed by atoms with E-state index in [0.717, 1.165) is 11.9 Å². The second-order valence-electron chi connectivity index (χ2n) is 6.20. The molecule has 1 amide bonds. The first-order valence-corrected chi connectivity index (χ1v) is 8.83. The summed E-state index contributed by atoms with van der Waals surface area (Å²) in [7, 11) is 4.62. The zero-order valence-corrected chi connectivity index (χ0v) is 16.6. The third-order valence-corrected chi connectivity index (χ3v) is 4.34. The Labute approximate surface area is 172 Å². The second kappa shape index (κ2) is 8.95. The van der Waals surface area contributed by atoms with E-state index >= 15 is 0 Å². The van der Waals surface area contributed by atoms with Crippen LogP contribution in [0.25, 0.3) is 0 Å². The van der Waals surface area contributed by atoms with Crippen molar-refractivity contribution in [1.29, 1.82) is 0 Å². The lowest BCUT2D eigenvalue weighted by Gasteiger charge is -2.11. The monoisotopic (exact) mass is 412 g/mol. The van der Waals surface area contributed by atoms with E-state index in [-0.39, 0.29) is 22.7 Å². The molecule has 0 radical (unpaired) electrons. The summed E-state index contributed by atoms with van der Waals surface area (Å²) in [5.41, 5.74) is -0.0821. The van der Waals surface area contributed by atoms with Crippen molar-refractivity contribution in [3.63, 3.8) is 0 Å². The molecule has 3 rings (SSSR count). The Morgan fingerprint density at radius 3 is 2.40 bits per heavy atom. The lowest BCUT2D eigenvalue weighted by molar-refractivity contribution is -0.385. The maximum Gasteiger partial charge on any atom is 0.286 e. The van der Waals surface area contributed by atoms with E-state index in [1.807, 2.05) is 17.8 Å². The van der Waals surface area contributed by atoms with Crippen molar-refractivity contribution in [2.24, 2.45) is 7.05 Å². The Morgan fingerprint density at radius 2 is 1.83 bits per heavy atom. The van der Waals surface area contributed by atoms with Crippen LogP contribution in [-0.4, -0.2) is 34.6 Å². The average Bonchev–Trinajstić information content (AvgIpc) is 3.16. The molecule has 1 heterocycles. The van der Waals surface area contributed by atoms with Gasteiger partial charge in [-0.15, -0.1) is 0 Å². The number of hydrogen-bond acceptors (Lipinski definition) is 7. The predicted molar refractivity (Wildman–Crippen MR) is 108 cm³/mol. The van der Waals surface area contributed by atoms with Crippen LogP contribution < -0.4 is 19.5 Å². The number of methoxy groups -OCH3 is 2. The van der Waals surface area contributed by atoms with Gasteiger partial charge in [0.1, 0.15) is 23.7 Å². The summed E-state index contributed by atoms with van der Waals surface area (Å²) < 4.78 is 17.7.